The van der Waals surface area contributed by atoms with Gasteiger partial charge in [0.1, 0.15) is 0 Å². The van der Waals surface area contributed by atoms with Gasteiger partial charge in [0.25, 0.3) is 5.69 Å². The number of halogens is 5. The summed E-state index contributed by atoms with van der Waals surface area (Å²) in [6.45, 7) is 0. The highest BCUT2D eigenvalue weighted by Crippen LogP contribution is 2.32. The number of nitro groups is 1. The zero-order chi connectivity index (χ0) is 13.9. The fraction of sp³-hybridized carbons (Fsp3) is 0.400. The second-order valence-corrected chi connectivity index (χ2v) is 4.16. The zero-order valence-electron chi connectivity index (χ0n) is 9.48. The van der Waals surface area contributed by atoms with E-state index in [1.54, 1.807) is 0 Å². The van der Waals surface area contributed by atoms with Crippen LogP contribution < -0.4 is 5.73 Å². The van der Waals surface area contributed by atoms with Crippen molar-refractivity contribution in [2.45, 2.75) is 25.1 Å². The molecule has 0 saturated carbocycles. The molecule has 19 heavy (non-hydrogen) atoms. The van der Waals surface area contributed by atoms with Gasteiger partial charge in [-0.25, -0.2) is 0 Å². The maximum atomic E-state index is 12.1. The number of nitrogens with two attached hydrogens (primary N) is 1. The Hall–Kier alpha value is -1.05. The molecule has 1 atom stereocenters. The van der Waals surface area contributed by atoms with Crippen LogP contribution in [0, 0.1) is 10.1 Å². The smallest absolute Gasteiger partial charge is 0.324 e. The molecule has 4 nitrogen and oxygen atoms in total. The molecule has 1 rings (SSSR count). The monoisotopic (exact) mass is 318 g/mol. The van der Waals surface area contributed by atoms with E-state index in [4.69, 9.17) is 17.3 Å². The summed E-state index contributed by atoms with van der Waals surface area (Å²) >= 11 is 5.66. The Morgan fingerprint density at radius 1 is 1.42 bits per heavy atom. The summed E-state index contributed by atoms with van der Waals surface area (Å²) in [6, 6.07) is 2.57. The standard InChI is InChI=1S/C10H10ClF3N2O2.ClH/c11-6-1-2-9(16(17)18)7(5-6)8(15)3-4-10(12,13)14;/h1-2,5,8H,3-4,15H2;1H/t8-;/m1./s1. The largest absolute Gasteiger partial charge is 0.389 e. The van der Waals surface area contributed by atoms with Crippen LogP contribution in [0.25, 0.3) is 0 Å². The van der Waals surface area contributed by atoms with Crippen molar-refractivity contribution in [2.24, 2.45) is 5.73 Å². The maximum absolute atomic E-state index is 12.1. The van der Waals surface area contributed by atoms with E-state index in [0.29, 0.717) is 0 Å². The zero-order valence-corrected chi connectivity index (χ0v) is 11.1. The minimum Gasteiger partial charge on any atom is -0.324 e. The predicted octanol–water partition coefficient (Wildman–Crippen LogP) is 4.01. The fourth-order valence-corrected chi connectivity index (χ4v) is 1.64. The first-order valence-electron chi connectivity index (χ1n) is 4.97. The molecule has 0 unspecified atom stereocenters. The first-order valence-corrected chi connectivity index (χ1v) is 5.34. The van der Waals surface area contributed by atoms with Gasteiger partial charge in [0.15, 0.2) is 0 Å². The van der Waals surface area contributed by atoms with Gasteiger partial charge in [0, 0.05) is 29.1 Å². The number of hydrogen-bond donors (Lipinski definition) is 1. The number of rotatable bonds is 4. The second-order valence-electron chi connectivity index (χ2n) is 3.72. The Labute approximate surface area is 118 Å². The summed E-state index contributed by atoms with van der Waals surface area (Å²) in [6.07, 6.45) is -5.87. The Morgan fingerprint density at radius 2 is 2.00 bits per heavy atom. The molecule has 0 aliphatic heterocycles. The van der Waals surface area contributed by atoms with Crippen molar-refractivity contribution in [1.29, 1.82) is 0 Å². The van der Waals surface area contributed by atoms with Crippen molar-refractivity contribution in [3.63, 3.8) is 0 Å². The van der Waals surface area contributed by atoms with Gasteiger partial charge in [0.2, 0.25) is 0 Å². The molecule has 1 aromatic rings. The van der Waals surface area contributed by atoms with Gasteiger partial charge in [0.05, 0.1) is 4.92 Å². The summed E-state index contributed by atoms with van der Waals surface area (Å²) < 4.78 is 36.2. The van der Waals surface area contributed by atoms with E-state index in [1.807, 2.05) is 0 Å². The van der Waals surface area contributed by atoms with Crippen molar-refractivity contribution in [2.75, 3.05) is 0 Å². The molecule has 9 heteroatoms. The minimum absolute atomic E-state index is 0. The highest BCUT2D eigenvalue weighted by atomic mass is 35.5. The summed E-state index contributed by atoms with van der Waals surface area (Å²) in [5.41, 5.74) is 5.23. The predicted molar refractivity (Wildman–Crippen MR) is 67.6 cm³/mol. The van der Waals surface area contributed by atoms with Crippen LogP contribution in [-0.2, 0) is 0 Å². The van der Waals surface area contributed by atoms with Crippen molar-refractivity contribution in [3.8, 4) is 0 Å². The van der Waals surface area contributed by atoms with E-state index in [0.717, 1.165) is 6.07 Å². The van der Waals surface area contributed by atoms with Crippen molar-refractivity contribution in [3.05, 3.63) is 38.9 Å². The normalized spacial score (nSPS) is 12.7. The molecule has 0 amide bonds. The molecule has 0 aromatic heterocycles. The third-order valence-electron chi connectivity index (χ3n) is 2.32. The van der Waals surface area contributed by atoms with Crippen LogP contribution >= 0.6 is 24.0 Å². The fourth-order valence-electron chi connectivity index (χ4n) is 1.46. The highest BCUT2D eigenvalue weighted by molar-refractivity contribution is 6.30. The lowest BCUT2D eigenvalue weighted by molar-refractivity contribution is -0.385. The summed E-state index contributed by atoms with van der Waals surface area (Å²) in [7, 11) is 0. The first-order chi connectivity index (χ1) is 8.20. The van der Waals surface area contributed by atoms with Crippen LogP contribution in [0.3, 0.4) is 0 Å². The molecule has 0 heterocycles. The van der Waals surface area contributed by atoms with Gasteiger partial charge in [-0.2, -0.15) is 13.2 Å². The summed E-state index contributed by atoms with van der Waals surface area (Å²) in [5.74, 6) is 0. The van der Waals surface area contributed by atoms with Gasteiger partial charge < -0.3 is 5.73 Å². The SMILES string of the molecule is Cl.N[C@H](CCC(F)(F)F)c1cc(Cl)ccc1[N+](=O)[O-]. The molecule has 0 spiro atoms. The van der Waals surface area contributed by atoms with Crippen LogP contribution in [-0.4, -0.2) is 11.1 Å². The first kappa shape index (κ1) is 17.9. The lowest BCUT2D eigenvalue weighted by atomic mass is 10.0. The molecule has 0 aliphatic rings. The van der Waals surface area contributed by atoms with Crippen LogP contribution in [0.2, 0.25) is 5.02 Å². The molecule has 0 fully saturated rings. The number of benzene rings is 1. The van der Waals surface area contributed by atoms with Gasteiger partial charge in [-0.05, 0) is 18.6 Å². The Bertz CT molecular complexity index is 455. The lowest BCUT2D eigenvalue weighted by Gasteiger charge is -2.14. The number of nitrogens with zero attached hydrogens (tertiary/aromatic N) is 1. The van der Waals surface area contributed by atoms with E-state index in [-0.39, 0.29) is 28.7 Å². The van der Waals surface area contributed by atoms with Crippen LogP contribution in [0.5, 0.6) is 0 Å². The number of hydrogen-bond acceptors (Lipinski definition) is 3. The molecule has 1 aromatic carbocycles. The van der Waals surface area contributed by atoms with Gasteiger partial charge in [-0.3, -0.25) is 10.1 Å². The van der Waals surface area contributed by atoms with Crippen LogP contribution in [0.4, 0.5) is 18.9 Å². The average Bonchev–Trinajstić information content (AvgIpc) is 2.24. The molecular weight excluding hydrogens is 308 g/mol. The Balaban J connectivity index is 0.00000324. The second kappa shape index (κ2) is 6.93. The Kier molecular flexibility index (Phi) is 6.54. The topological polar surface area (TPSA) is 69.2 Å². The van der Waals surface area contributed by atoms with Gasteiger partial charge in [-0.15, -0.1) is 12.4 Å². The van der Waals surface area contributed by atoms with Gasteiger partial charge in [-0.1, -0.05) is 11.6 Å². The number of nitro benzene ring substituents is 1. The molecule has 0 saturated heterocycles. The quantitative estimate of drug-likeness (QED) is 0.673. The van der Waals surface area contributed by atoms with E-state index in [1.165, 1.54) is 12.1 Å². The molecule has 108 valence electrons. The molecule has 2 N–H and O–H groups in total. The van der Waals surface area contributed by atoms with E-state index in [2.05, 4.69) is 0 Å². The molecule has 0 radical (unpaired) electrons. The lowest BCUT2D eigenvalue weighted by Crippen LogP contribution is -2.17. The van der Waals surface area contributed by atoms with Crippen LogP contribution in [0.15, 0.2) is 18.2 Å². The molecular formula is C10H11Cl2F3N2O2. The van der Waals surface area contributed by atoms with Crippen molar-refractivity contribution in [1.82, 2.24) is 0 Å². The average molecular weight is 319 g/mol. The minimum atomic E-state index is -4.34. The highest BCUT2D eigenvalue weighted by Gasteiger charge is 2.29. The molecule has 0 bridgehead atoms. The third-order valence-corrected chi connectivity index (χ3v) is 2.56. The third kappa shape index (κ3) is 5.63. The Morgan fingerprint density at radius 3 is 2.47 bits per heavy atom. The summed E-state index contributed by atoms with van der Waals surface area (Å²) in [5, 5.41) is 10.9. The van der Waals surface area contributed by atoms with Crippen molar-refractivity contribution >= 4 is 29.7 Å². The summed E-state index contributed by atoms with van der Waals surface area (Å²) in [4.78, 5) is 10.0. The molecule has 0 aliphatic carbocycles. The van der Waals surface area contributed by atoms with E-state index in [9.17, 15) is 23.3 Å². The van der Waals surface area contributed by atoms with Crippen molar-refractivity contribution < 1.29 is 18.1 Å². The van der Waals surface area contributed by atoms with E-state index < -0.39 is 30.0 Å². The van der Waals surface area contributed by atoms with E-state index >= 15 is 0 Å². The number of alkyl halides is 3. The maximum Gasteiger partial charge on any atom is 0.389 e. The van der Waals surface area contributed by atoms with Gasteiger partial charge >= 0.3 is 6.18 Å². The van der Waals surface area contributed by atoms with Crippen LogP contribution in [0.1, 0.15) is 24.4 Å².